The van der Waals surface area contributed by atoms with Gasteiger partial charge in [0.1, 0.15) is 0 Å². The van der Waals surface area contributed by atoms with Gasteiger partial charge in [-0.05, 0) is 49.8 Å². The van der Waals surface area contributed by atoms with Crippen LogP contribution in [0.25, 0.3) is 11.4 Å². The number of aliphatic imine (C=N–C) groups is 1. The van der Waals surface area contributed by atoms with E-state index in [-0.39, 0.29) is 0 Å². The van der Waals surface area contributed by atoms with Crippen LogP contribution in [0.5, 0.6) is 0 Å². The van der Waals surface area contributed by atoms with Crippen molar-refractivity contribution in [2.75, 3.05) is 7.05 Å². The van der Waals surface area contributed by atoms with Crippen molar-refractivity contribution in [3.63, 3.8) is 0 Å². The first-order chi connectivity index (χ1) is 10.2. The van der Waals surface area contributed by atoms with Crippen LogP contribution in [0.2, 0.25) is 0 Å². The van der Waals surface area contributed by atoms with Crippen molar-refractivity contribution in [3.8, 4) is 11.4 Å². The Morgan fingerprint density at radius 1 is 1.14 bits per heavy atom. The molecule has 0 atom stereocenters. The molecular formula is C18H23N3. The minimum absolute atomic E-state index is 0.876. The Kier molecular flexibility index (Phi) is 7.02. The standard InChI is InChI=1S/C16H17N3.C2H6/c1-4-7-13(17-3)15-10-12(2)11-16(19-15)14-8-5-6-9-18-14;1-2/h4-11H,1-3H3;1-2H3/b7-4-,17-13?;. The molecule has 0 unspecified atom stereocenters. The molecule has 0 fully saturated rings. The third-order valence-electron chi connectivity index (χ3n) is 2.72. The summed E-state index contributed by atoms with van der Waals surface area (Å²) >= 11 is 0. The molecule has 0 saturated carbocycles. The summed E-state index contributed by atoms with van der Waals surface area (Å²) in [5.41, 5.74) is 4.66. The van der Waals surface area contributed by atoms with Crippen LogP contribution < -0.4 is 0 Å². The molecule has 0 aliphatic carbocycles. The van der Waals surface area contributed by atoms with E-state index in [1.54, 1.807) is 13.2 Å². The first kappa shape index (κ1) is 16.8. The molecule has 3 heteroatoms. The molecule has 21 heavy (non-hydrogen) atoms. The number of nitrogens with zero attached hydrogens (tertiary/aromatic N) is 3. The van der Waals surface area contributed by atoms with Gasteiger partial charge in [-0.25, -0.2) is 4.98 Å². The average Bonchev–Trinajstić information content (AvgIpc) is 2.54. The van der Waals surface area contributed by atoms with Gasteiger partial charge in [-0.3, -0.25) is 9.98 Å². The van der Waals surface area contributed by atoms with Gasteiger partial charge in [0.15, 0.2) is 0 Å². The lowest BCUT2D eigenvalue weighted by Gasteiger charge is -2.06. The zero-order valence-electron chi connectivity index (χ0n) is 13.5. The van der Waals surface area contributed by atoms with Crippen LogP contribution in [0, 0.1) is 6.92 Å². The van der Waals surface area contributed by atoms with Crippen LogP contribution in [-0.2, 0) is 0 Å². The van der Waals surface area contributed by atoms with E-state index in [1.807, 2.05) is 63.3 Å². The number of rotatable bonds is 3. The van der Waals surface area contributed by atoms with Gasteiger partial charge in [0.05, 0.1) is 22.8 Å². The van der Waals surface area contributed by atoms with Crippen LogP contribution in [0.4, 0.5) is 0 Å². The molecular weight excluding hydrogens is 258 g/mol. The Morgan fingerprint density at radius 2 is 1.90 bits per heavy atom. The highest BCUT2D eigenvalue weighted by atomic mass is 14.8. The van der Waals surface area contributed by atoms with Gasteiger partial charge in [0.25, 0.3) is 0 Å². The summed E-state index contributed by atoms with van der Waals surface area (Å²) in [5, 5.41) is 0. The van der Waals surface area contributed by atoms with Crippen LogP contribution in [-0.4, -0.2) is 22.7 Å². The van der Waals surface area contributed by atoms with Crippen molar-refractivity contribution in [1.82, 2.24) is 9.97 Å². The number of hydrogen-bond donors (Lipinski definition) is 0. The number of hydrogen-bond acceptors (Lipinski definition) is 3. The summed E-state index contributed by atoms with van der Waals surface area (Å²) in [6, 6.07) is 9.90. The molecule has 0 aliphatic rings. The minimum Gasteiger partial charge on any atom is -0.286 e. The molecule has 2 rings (SSSR count). The summed E-state index contributed by atoms with van der Waals surface area (Å²) in [6.07, 6.45) is 5.70. The molecule has 0 spiro atoms. The monoisotopic (exact) mass is 281 g/mol. The highest BCUT2D eigenvalue weighted by Crippen LogP contribution is 2.17. The van der Waals surface area contributed by atoms with E-state index in [4.69, 9.17) is 0 Å². The quantitative estimate of drug-likeness (QED) is 0.778. The topological polar surface area (TPSA) is 38.1 Å². The molecule has 0 aromatic carbocycles. The Morgan fingerprint density at radius 3 is 2.48 bits per heavy atom. The molecule has 0 radical (unpaired) electrons. The lowest BCUT2D eigenvalue weighted by molar-refractivity contribution is 1.21. The second-order valence-corrected chi connectivity index (χ2v) is 4.24. The maximum absolute atomic E-state index is 4.65. The van der Waals surface area contributed by atoms with Crippen molar-refractivity contribution < 1.29 is 0 Å². The Balaban J connectivity index is 0.00000106. The van der Waals surface area contributed by atoms with E-state index in [0.29, 0.717) is 0 Å². The highest BCUT2D eigenvalue weighted by molar-refractivity contribution is 6.07. The van der Waals surface area contributed by atoms with E-state index < -0.39 is 0 Å². The Hall–Kier alpha value is -2.29. The average molecular weight is 281 g/mol. The van der Waals surface area contributed by atoms with Gasteiger partial charge in [-0.2, -0.15) is 0 Å². The third kappa shape index (κ3) is 4.63. The van der Waals surface area contributed by atoms with Crippen LogP contribution in [0.1, 0.15) is 32.0 Å². The molecule has 2 aromatic heterocycles. The molecule has 0 saturated heterocycles. The zero-order chi connectivity index (χ0) is 15.7. The number of allylic oxidation sites excluding steroid dienone is 2. The molecule has 2 heterocycles. The number of pyridine rings is 2. The normalized spacial score (nSPS) is 11.2. The van der Waals surface area contributed by atoms with E-state index in [1.165, 1.54) is 0 Å². The first-order valence-corrected chi connectivity index (χ1v) is 7.24. The maximum atomic E-state index is 4.65. The Labute approximate surface area is 127 Å². The van der Waals surface area contributed by atoms with Gasteiger partial charge in [0.2, 0.25) is 0 Å². The van der Waals surface area contributed by atoms with Crippen LogP contribution in [0.3, 0.4) is 0 Å². The summed E-state index contributed by atoms with van der Waals surface area (Å²) in [7, 11) is 1.78. The zero-order valence-corrected chi connectivity index (χ0v) is 13.5. The molecule has 0 amide bonds. The largest absolute Gasteiger partial charge is 0.286 e. The fourth-order valence-corrected chi connectivity index (χ4v) is 1.88. The van der Waals surface area contributed by atoms with Gasteiger partial charge in [-0.1, -0.05) is 26.0 Å². The van der Waals surface area contributed by atoms with Crippen molar-refractivity contribution in [2.45, 2.75) is 27.7 Å². The van der Waals surface area contributed by atoms with Crippen molar-refractivity contribution in [2.24, 2.45) is 4.99 Å². The number of aromatic nitrogens is 2. The predicted octanol–water partition coefficient (Wildman–Crippen LogP) is 4.47. The van der Waals surface area contributed by atoms with E-state index in [2.05, 4.69) is 21.9 Å². The van der Waals surface area contributed by atoms with E-state index >= 15 is 0 Å². The van der Waals surface area contributed by atoms with E-state index in [0.717, 1.165) is 28.4 Å². The minimum atomic E-state index is 0.876. The van der Waals surface area contributed by atoms with E-state index in [9.17, 15) is 0 Å². The second kappa shape index (κ2) is 8.80. The first-order valence-electron chi connectivity index (χ1n) is 7.24. The van der Waals surface area contributed by atoms with Gasteiger partial charge in [0, 0.05) is 13.2 Å². The lowest BCUT2D eigenvalue weighted by atomic mass is 10.1. The SMILES string of the molecule is C/C=C\C(=NC)c1cc(C)cc(-c2ccccn2)n1.CC. The predicted molar refractivity (Wildman–Crippen MR) is 90.8 cm³/mol. The third-order valence-corrected chi connectivity index (χ3v) is 2.72. The smallest absolute Gasteiger partial charge is 0.0896 e. The fraction of sp³-hybridized carbons (Fsp3) is 0.278. The number of aryl methyl sites for hydroxylation is 1. The summed E-state index contributed by atoms with van der Waals surface area (Å²) in [6.45, 7) is 8.03. The molecule has 110 valence electrons. The van der Waals surface area contributed by atoms with Gasteiger partial charge in [-0.15, -0.1) is 0 Å². The fourth-order valence-electron chi connectivity index (χ4n) is 1.88. The molecule has 0 N–H and O–H groups in total. The van der Waals surface area contributed by atoms with Crippen molar-refractivity contribution >= 4 is 5.71 Å². The molecule has 2 aromatic rings. The Bertz CT molecular complexity index is 614. The van der Waals surface area contributed by atoms with Gasteiger partial charge < -0.3 is 0 Å². The molecule has 0 bridgehead atoms. The maximum Gasteiger partial charge on any atom is 0.0896 e. The second-order valence-electron chi connectivity index (χ2n) is 4.24. The van der Waals surface area contributed by atoms with Crippen molar-refractivity contribution in [3.05, 3.63) is 59.9 Å². The van der Waals surface area contributed by atoms with Crippen molar-refractivity contribution in [1.29, 1.82) is 0 Å². The van der Waals surface area contributed by atoms with Crippen LogP contribution in [0.15, 0.2) is 53.7 Å². The summed E-state index contributed by atoms with van der Waals surface area (Å²) in [4.78, 5) is 13.3. The molecule has 3 nitrogen and oxygen atoms in total. The molecule has 0 aliphatic heterocycles. The summed E-state index contributed by atoms with van der Waals surface area (Å²) in [5.74, 6) is 0. The van der Waals surface area contributed by atoms with Crippen LogP contribution >= 0.6 is 0 Å². The highest BCUT2D eigenvalue weighted by Gasteiger charge is 2.06. The lowest BCUT2D eigenvalue weighted by Crippen LogP contribution is -2.02. The summed E-state index contributed by atoms with van der Waals surface area (Å²) < 4.78 is 0. The van der Waals surface area contributed by atoms with Gasteiger partial charge >= 0.3 is 0 Å².